The number of furan rings is 1. The quantitative estimate of drug-likeness (QED) is 0.748. The maximum Gasteiger partial charge on any atom is 0.302 e. The van der Waals surface area contributed by atoms with Gasteiger partial charge < -0.3 is 19.0 Å². The standard InChI is InChI=1S/C24H34O6/c1-14-17-6-9-28-20(17)11-19-18(14)10-21(30-16(3)27)22-23(19,4)7-5-8-24(22,12-25)13-29-15(2)26/h6,9,14,18-19,21-22,25H,5,7-8,10-13H2,1-4H3/t14-,18-,19-,21+,22-,23+,24-/m0/s1. The largest absolute Gasteiger partial charge is 0.469 e. The third-order valence-electron chi connectivity index (χ3n) is 8.51. The predicted molar refractivity (Wildman–Crippen MR) is 110 cm³/mol. The van der Waals surface area contributed by atoms with Crippen LogP contribution in [0.3, 0.4) is 0 Å². The molecule has 0 aromatic carbocycles. The summed E-state index contributed by atoms with van der Waals surface area (Å²) in [4.78, 5) is 23.7. The number of hydrogen-bond donors (Lipinski definition) is 1. The lowest BCUT2D eigenvalue weighted by atomic mass is 9.42. The van der Waals surface area contributed by atoms with Crippen molar-refractivity contribution >= 4 is 11.9 Å². The van der Waals surface area contributed by atoms with Crippen LogP contribution in [0.5, 0.6) is 0 Å². The minimum Gasteiger partial charge on any atom is -0.469 e. The highest BCUT2D eigenvalue weighted by Gasteiger charge is 2.64. The molecule has 0 unspecified atom stereocenters. The van der Waals surface area contributed by atoms with Gasteiger partial charge >= 0.3 is 11.9 Å². The third kappa shape index (κ3) is 3.28. The number of aliphatic hydroxyl groups is 1. The van der Waals surface area contributed by atoms with Crippen molar-refractivity contribution < 1.29 is 28.6 Å². The molecule has 1 aromatic rings. The van der Waals surface area contributed by atoms with Crippen molar-refractivity contribution in [2.45, 2.75) is 71.8 Å². The molecule has 0 spiro atoms. The molecule has 1 heterocycles. The van der Waals surface area contributed by atoms with Crippen molar-refractivity contribution in [1.29, 1.82) is 0 Å². The van der Waals surface area contributed by atoms with Gasteiger partial charge in [0, 0.05) is 31.6 Å². The first kappa shape index (κ1) is 21.4. The highest BCUT2D eigenvalue weighted by atomic mass is 16.5. The van der Waals surface area contributed by atoms with Crippen molar-refractivity contribution in [2.24, 2.45) is 28.6 Å². The lowest BCUT2D eigenvalue weighted by Crippen LogP contribution is -2.63. The van der Waals surface area contributed by atoms with E-state index in [1.54, 1.807) is 6.26 Å². The summed E-state index contributed by atoms with van der Waals surface area (Å²) in [5.41, 5.74) is 0.517. The van der Waals surface area contributed by atoms with Gasteiger partial charge in [0.2, 0.25) is 0 Å². The van der Waals surface area contributed by atoms with E-state index in [1.165, 1.54) is 19.4 Å². The van der Waals surface area contributed by atoms with Gasteiger partial charge in [-0.15, -0.1) is 0 Å². The van der Waals surface area contributed by atoms with Crippen molar-refractivity contribution in [3.05, 3.63) is 23.7 Å². The van der Waals surface area contributed by atoms with Gasteiger partial charge in [-0.05, 0) is 54.1 Å². The van der Waals surface area contributed by atoms with Crippen LogP contribution in [0.25, 0.3) is 0 Å². The third-order valence-corrected chi connectivity index (χ3v) is 8.51. The molecule has 6 heteroatoms. The Bertz CT molecular complexity index is 814. The first-order chi connectivity index (χ1) is 14.2. The second-order valence-electron chi connectivity index (χ2n) is 10.1. The number of fused-ring (bicyclic) bond motifs is 4. The van der Waals surface area contributed by atoms with Crippen LogP contribution in [0.4, 0.5) is 0 Å². The molecule has 1 N–H and O–H groups in total. The van der Waals surface area contributed by atoms with Crippen LogP contribution in [-0.4, -0.2) is 36.4 Å². The van der Waals surface area contributed by atoms with Crippen LogP contribution in [-0.2, 0) is 25.5 Å². The summed E-state index contributed by atoms with van der Waals surface area (Å²) in [6, 6.07) is 2.07. The lowest BCUT2D eigenvalue weighted by molar-refractivity contribution is -0.215. The van der Waals surface area contributed by atoms with Crippen molar-refractivity contribution in [2.75, 3.05) is 13.2 Å². The summed E-state index contributed by atoms with van der Waals surface area (Å²) in [6.07, 6.45) is 5.82. The average Bonchev–Trinajstić information content (AvgIpc) is 3.16. The maximum atomic E-state index is 12.1. The monoisotopic (exact) mass is 418 g/mol. The molecular formula is C24H34O6. The first-order valence-electron chi connectivity index (χ1n) is 11.2. The van der Waals surface area contributed by atoms with Gasteiger partial charge in [-0.1, -0.05) is 20.3 Å². The predicted octanol–water partition coefficient (Wildman–Crippen LogP) is 3.86. The number of rotatable bonds is 4. The Morgan fingerprint density at radius 1 is 1.27 bits per heavy atom. The normalized spacial score (nSPS) is 40.0. The second kappa shape index (κ2) is 7.70. The molecule has 0 amide bonds. The number of hydrogen-bond acceptors (Lipinski definition) is 6. The van der Waals surface area contributed by atoms with E-state index in [0.717, 1.165) is 37.9 Å². The molecule has 6 nitrogen and oxygen atoms in total. The topological polar surface area (TPSA) is 86.0 Å². The molecule has 0 radical (unpaired) electrons. The van der Waals surface area contributed by atoms with Crippen molar-refractivity contribution in [3.63, 3.8) is 0 Å². The Morgan fingerprint density at radius 3 is 2.70 bits per heavy atom. The highest BCUT2D eigenvalue weighted by molar-refractivity contribution is 5.66. The van der Waals surface area contributed by atoms with Crippen LogP contribution in [0.2, 0.25) is 0 Å². The van der Waals surface area contributed by atoms with Crippen molar-refractivity contribution in [3.8, 4) is 0 Å². The van der Waals surface area contributed by atoms with E-state index in [9.17, 15) is 14.7 Å². The molecule has 3 aliphatic rings. The zero-order chi connectivity index (χ0) is 21.7. The molecule has 7 atom stereocenters. The molecule has 2 saturated carbocycles. The van der Waals surface area contributed by atoms with Crippen LogP contribution < -0.4 is 0 Å². The Labute approximate surface area is 178 Å². The number of carbonyl (C=O) groups excluding carboxylic acids is 2. The van der Waals surface area contributed by atoms with Crippen molar-refractivity contribution in [1.82, 2.24) is 0 Å². The van der Waals surface area contributed by atoms with Crippen LogP contribution in [0.15, 0.2) is 16.7 Å². The number of esters is 2. The Kier molecular flexibility index (Phi) is 5.50. The first-order valence-corrected chi connectivity index (χ1v) is 11.2. The summed E-state index contributed by atoms with van der Waals surface area (Å²) in [7, 11) is 0. The van der Waals surface area contributed by atoms with Gasteiger partial charge in [-0.25, -0.2) is 0 Å². The zero-order valence-electron chi connectivity index (χ0n) is 18.5. The van der Waals surface area contributed by atoms with Crippen LogP contribution in [0.1, 0.15) is 70.6 Å². The smallest absolute Gasteiger partial charge is 0.302 e. The van der Waals surface area contributed by atoms with E-state index < -0.39 is 5.41 Å². The maximum absolute atomic E-state index is 12.1. The summed E-state index contributed by atoms with van der Waals surface area (Å²) < 4.78 is 17.3. The molecular weight excluding hydrogens is 384 g/mol. The molecule has 4 rings (SSSR count). The van der Waals surface area contributed by atoms with Gasteiger partial charge in [-0.3, -0.25) is 9.59 Å². The zero-order valence-corrected chi connectivity index (χ0v) is 18.5. The fourth-order valence-electron chi connectivity index (χ4n) is 7.37. The number of ether oxygens (including phenoxy) is 2. The molecule has 1 aromatic heterocycles. The van der Waals surface area contributed by atoms with E-state index in [4.69, 9.17) is 13.9 Å². The Hall–Kier alpha value is -1.82. The fraction of sp³-hybridized carbons (Fsp3) is 0.750. The molecule has 30 heavy (non-hydrogen) atoms. The van der Waals surface area contributed by atoms with Gasteiger partial charge in [0.1, 0.15) is 11.9 Å². The summed E-state index contributed by atoms with van der Waals surface area (Å²) in [5, 5.41) is 10.6. The van der Waals surface area contributed by atoms with Gasteiger partial charge in [-0.2, -0.15) is 0 Å². The van der Waals surface area contributed by atoms with Crippen LogP contribution in [0, 0.1) is 28.6 Å². The summed E-state index contributed by atoms with van der Waals surface area (Å²) in [5.74, 6) is 1.42. The van der Waals surface area contributed by atoms with Gasteiger partial charge in [0.15, 0.2) is 0 Å². The van der Waals surface area contributed by atoms with E-state index in [2.05, 4.69) is 19.9 Å². The minimum absolute atomic E-state index is 0.0723. The Morgan fingerprint density at radius 2 is 2.03 bits per heavy atom. The average molecular weight is 419 g/mol. The van der Waals surface area contributed by atoms with E-state index in [1.807, 2.05) is 0 Å². The molecule has 2 fully saturated rings. The highest BCUT2D eigenvalue weighted by Crippen LogP contribution is 2.65. The van der Waals surface area contributed by atoms with E-state index in [0.29, 0.717) is 17.8 Å². The van der Waals surface area contributed by atoms with E-state index in [-0.39, 0.29) is 42.6 Å². The molecule has 0 saturated heterocycles. The number of aliphatic hydroxyl groups excluding tert-OH is 1. The summed E-state index contributed by atoms with van der Waals surface area (Å²) in [6.45, 7) is 7.48. The minimum atomic E-state index is -0.601. The molecule has 3 aliphatic carbocycles. The summed E-state index contributed by atoms with van der Waals surface area (Å²) >= 11 is 0. The SMILES string of the molecule is CC(=O)OC[C@@]1(CO)CCC[C@@]2(C)[C@@H]1[C@H](OC(C)=O)C[C@H]1[C@@H](C)c3ccoc3C[C@@H]12. The van der Waals surface area contributed by atoms with Crippen LogP contribution >= 0.6 is 0 Å². The lowest BCUT2D eigenvalue weighted by Gasteiger charge is -2.63. The van der Waals surface area contributed by atoms with E-state index >= 15 is 0 Å². The fourth-order valence-corrected chi connectivity index (χ4v) is 7.37. The molecule has 0 bridgehead atoms. The second-order valence-corrected chi connectivity index (χ2v) is 10.1. The number of carbonyl (C=O) groups is 2. The molecule has 0 aliphatic heterocycles. The van der Waals surface area contributed by atoms with Gasteiger partial charge in [0.05, 0.1) is 19.5 Å². The Balaban J connectivity index is 1.78. The van der Waals surface area contributed by atoms with Gasteiger partial charge in [0.25, 0.3) is 0 Å². The molecule has 166 valence electrons.